The fourth-order valence-electron chi connectivity index (χ4n) is 1.43. The van der Waals surface area contributed by atoms with Crippen molar-refractivity contribution in [3.63, 3.8) is 0 Å². The highest BCUT2D eigenvalue weighted by Crippen LogP contribution is 2.23. The topological polar surface area (TPSA) is 63.0 Å². The summed E-state index contributed by atoms with van der Waals surface area (Å²) in [6.45, 7) is 0.377. The van der Waals surface area contributed by atoms with Crippen LogP contribution < -0.4 is 5.32 Å². The third kappa shape index (κ3) is 3.13. The van der Waals surface area contributed by atoms with Gasteiger partial charge in [-0.3, -0.25) is 0 Å². The van der Waals surface area contributed by atoms with Gasteiger partial charge >= 0.3 is 0 Å². The number of aliphatic hydroxyl groups excluding tert-OH is 1. The van der Waals surface area contributed by atoms with Gasteiger partial charge in [-0.25, -0.2) is 9.67 Å². The van der Waals surface area contributed by atoms with Gasteiger partial charge in [0.05, 0.1) is 22.7 Å². The number of hydrogen-bond acceptors (Lipinski definition) is 4. The van der Waals surface area contributed by atoms with Gasteiger partial charge in [-0.15, -0.1) is 11.6 Å². The molecule has 1 aromatic heterocycles. The van der Waals surface area contributed by atoms with Gasteiger partial charge in [0.2, 0.25) is 0 Å². The lowest BCUT2D eigenvalue weighted by Gasteiger charge is -2.11. The molecule has 0 aliphatic rings. The van der Waals surface area contributed by atoms with Crippen LogP contribution in [0.25, 0.3) is 5.69 Å². The number of rotatable bonds is 5. The number of aromatic nitrogens is 3. The smallest absolute Gasteiger partial charge is 0.138 e. The van der Waals surface area contributed by atoms with Crippen molar-refractivity contribution in [3.8, 4) is 5.69 Å². The largest absolute Gasteiger partial charge is 0.390 e. The molecule has 0 amide bonds. The predicted octanol–water partition coefficient (Wildman–Crippen LogP) is 1.93. The third-order valence-corrected chi connectivity index (χ3v) is 2.99. The van der Waals surface area contributed by atoms with Gasteiger partial charge in [0.15, 0.2) is 0 Å². The molecule has 0 spiro atoms. The summed E-state index contributed by atoms with van der Waals surface area (Å²) >= 11 is 11.7. The molecule has 5 nitrogen and oxygen atoms in total. The van der Waals surface area contributed by atoms with Gasteiger partial charge in [-0.2, -0.15) is 5.10 Å². The Balaban J connectivity index is 2.10. The molecule has 18 heavy (non-hydrogen) atoms. The minimum atomic E-state index is -0.583. The molecule has 1 heterocycles. The SMILES string of the molecule is OC(CCl)CNc1ccc(-n2cncn2)c(Cl)c1. The van der Waals surface area contributed by atoms with Crippen LogP contribution >= 0.6 is 23.2 Å². The molecule has 1 atom stereocenters. The van der Waals surface area contributed by atoms with Crippen molar-refractivity contribution >= 4 is 28.9 Å². The van der Waals surface area contributed by atoms with Crippen molar-refractivity contribution in [1.29, 1.82) is 0 Å². The quantitative estimate of drug-likeness (QED) is 0.825. The van der Waals surface area contributed by atoms with E-state index >= 15 is 0 Å². The number of benzene rings is 1. The zero-order valence-electron chi connectivity index (χ0n) is 9.42. The Morgan fingerprint density at radius 2 is 2.28 bits per heavy atom. The van der Waals surface area contributed by atoms with Crippen LogP contribution in [-0.4, -0.2) is 38.4 Å². The maximum absolute atomic E-state index is 9.34. The monoisotopic (exact) mass is 286 g/mol. The second-order valence-corrected chi connectivity index (χ2v) is 4.41. The lowest BCUT2D eigenvalue weighted by molar-refractivity contribution is 0.211. The average Bonchev–Trinajstić information content (AvgIpc) is 2.89. The number of alkyl halides is 1. The van der Waals surface area contributed by atoms with Crippen molar-refractivity contribution in [1.82, 2.24) is 14.8 Å². The van der Waals surface area contributed by atoms with Gasteiger partial charge in [0, 0.05) is 12.2 Å². The van der Waals surface area contributed by atoms with Crippen molar-refractivity contribution in [2.45, 2.75) is 6.10 Å². The molecular formula is C11H12Cl2N4O. The summed E-state index contributed by atoms with van der Waals surface area (Å²) in [5, 5.41) is 16.9. The Morgan fingerprint density at radius 1 is 1.44 bits per heavy atom. The van der Waals surface area contributed by atoms with Gasteiger partial charge in [-0.05, 0) is 18.2 Å². The summed E-state index contributed by atoms with van der Waals surface area (Å²) in [5.41, 5.74) is 1.56. The van der Waals surface area contributed by atoms with E-state index < -0.39 is 6.10 Å². The van der Waals surface area contributed by atoms with Crippen molar-refractivity contribution < 1.29 is 5.11 Å². The molecule has 0 radical (unpaired) electrons. The van der Waals surface area contributed by atoms with E-state index in [1.807, 2.05) is 12.1 Å². The lowest BCUT2D eigenvalue weighted by Crippen LogP contribution is -2.20. The maximum atomic E-state index is 9.34. The predicted molar refractivity (Wildman–Crippen MR) is 71.6 cm³/mol. The highest BCUT2D eigenvalue weighted by atomic mass is 35.5. The van der Waals surface area contributed by atoms with Gasteiger partial charge in [0.1, 0.15) is 12.7 Å². The molecule has 0 aliphatic carbocycles. The first kappa shape index (κ1) is 13.1. The highest BCUT2D eigenvalue weighted by Gasteiger charge is 2.06. The van der Waals surface area contributed by atoms with E-state index in [1.54, 1.807) is 17.1 Å². The number of nitrogens with zero attached hydrogens (tertiary/aromatic N) is 3. The molecule has 2 N–H and O–H groups in total. The van der Waals surface area contributed by atoms with Crippen LogP contribution in [0.5, 0.6) is 0 Å². The van der Waals surface area contributed by atoms with E-state index in [0.29, 0.717) is 11.6 Å². The Kier molecular flexibility index (Phi) is 4.41. The second-order valence-electron chi connectivity index (χ2n) is 3.70. The number of hydrogen-bond donors (Lipinski definition) is 2. The molecule has 0 aliphatic heterocycles. The minimum absolute atomic E-state index is 0.192. The Bertz CT molecular complexity index is 504. The normalized spacial score (nSPS) is 12.4. The maximum Gasteiger partial charge on any atom is 0.138 e. The minimum Gasteiger partial charge on any atom is -0.390 e. The Labute approximate surface area is 114 Å². The van der Waals surface area contributed by atoms with E-state index in [0.717, 1.165) is 11.4 Å². The van der Waals surface area contributed by atoms with Crippen LogP contribution in [0.2, 0.25) is 5.02 Å². The summed E-state index contributed by atoms with van der Waals surface area (Å²) in [5.74, 6) is 0.192. The number of halogens is 2. The second kappa shape index (κ2) is 6.04. The fourth-order valence-corrected chi connectivity index (χ4v) is 1.80. The van der Waals surface area contributed by atoms with E-state index in [4.69, 9.17) is 23.2 Å². The first-order valence-electron chi connectivity index (χ1n) is 5.33. The molecule has 1 unspecified atom stereocenters. The molecule has 1 aromatic carbocycles. The summed E-state index contributed by atoms with van der Waals surface area (Å²) in [6.07, 6.45) is 2.44. The van der Waals surface area contributed by atoms with Crippen molar-refractivity contribution in [2.75, 3.05) is 17.7 Å². The first-order chi connectivity index (χ1) is 8.70. The molecular weight excluding hydrogens is 275 g/mol. The van der Waals surface area contributed by atoms with Gasteiger partial charge in [-0.1, -0.05) is 11.6 Å². The van der Waals surface area contributed by atoms with Crippen LogP contribution in [0.4, 0.5) is 5.69 Å². The van der Waals surface area contributed by atoms with Crippen molar-refractivity contribution in [2.24, 2.45) is 0 Å². The Morgan fingerprint density at radius 3 is 2.89 bits per heavy atom. The number of nitrogens with one attached hydrogen (secondary N) is 1. The fraction of sp³-hybridized carbons (Fsp3) is 0.273. The van der Waals surface area contributed by atoms with Crippen LogP contribution in [0.3, 0.4) is 0 Å². The number of aliphatic hydroxyl groups is 1. The van der Waals surface area contributed by atoms with Crippen molar-refractivity contribution in [3.05, 3.63) is 35.9 Å². The van der Waals surface area contributed by atoms with Crippen LogP contribution in [0, 0.1) is 0 Å². The first-order valence-corrected chi connectivity index (χ1v) is 6.24. The van der Waals surface area contributed by atoms with Crippen LogP contribution in [-0.2, 0) is 0 Å². The lowest BCUT2D eigenvalue weighted by atomic mass is 10.2. The summed E-state index contributed by atoms with van der Waals surface area (Å²) in [4.78, 5) is 3.86. The molecule has 0 fully saturated rings. The average molecular weight is 287 g/mol. The molecule has 0 bridgehead atoms. The number of anilines is 1. The molecule has 0 saturated carbocycles. The molecule has 7 heteroatoms. The third-order valence-electron chi connectivity index (χ3n) is 2.33. The molecule has 0 saturated heterocycles. The molecule has 2 aromatic rings. The summed E-state index contributed by atoms with van der Waals surface area (Å²) < 4.78 is 1.58. The van der Waals surface area contributed by atoms with Gasteiger partial charge in [0.25, 0.3) is 0 Å². The van der Waals surface area contributed by atoms with Crippen LogP contribution in [0.15, 0.2) is 30.9 Å². The highest BCUT2D eigenvalue weighted by molar-refractivity contribution is 6.32. The van der Waals surface area contributed by atoms with E-state index in [1.165, 1.54) is 6.33 Å². The standard InChI is InChI=1S/C11H12Cl2N4O/c12-4-9(18)5-15-8-1-2-11(10(13)3-8)17-7-14-6-16-17/h1-3,6-7,9,15,18H,4-5H2. The van der Waals surface area contributed by atoms with E-state index in [9.17, 15) is 5.11 Å². The Hall–Kier alpha value is -1.30. The zero-order valence-corrected chi connectivity index (χ0v) is 10.9. The van der Waals surface area contributed by atoms with Crippen LogP contribution in [0.1, 0.15) is 0 Å². The summed E-state index contributed by atoms with van der Waals surface area (Å²) in [7, 11) is 0. The van der Waals surface area contributed by atoms with E-state index in [-0.39, 0.29) is 5.88 Å². The molecule has 96 valence electrons. The van der Waals surface area contributed by atoms with E-state index in [2.05, 4.69) is 15.4 Å². The summed E-state index contributed by atoms with van der Waals surface area (Å²) in [6, 6.07) is 5.44. The zero-order chi connectivity index (χ0) is 13.0. The molecule has 2 rings (SSSR count). The van der Waals surface area contributed by atoms with Gasteiger partial charge < -0.3 is 10.4 Å².